The average Bonchev–Trinajstić information content (AvgIpc) is 3.35. The van der Waals surface area contributed by atoms with Gasteiger partial charge >= 0.3 is 5.76 Å². The van der Waals surface area contributed by atoms with E-state index >= 15 is 0 Å². The Kier molecular flexibility index (Phi) is 5.69. The Morgan fingerprint density at radius 1 is 1.23 bits per heavy atom. The second kappa shape index (κ2) is 8.56. The first-order chi connectivity index (χ1) is 14.5. The smallest absolute Gasteiger partial charge is 0.408 e. The SMILES string of the molecule is CCn1cc(NC(=O)C2CCN(C(=O)CCn3c(=O)oc4ccccc43)CC2)cn1. The largest absolute Gasteiger partial charge is 0.419 e. The molecule has 0 unspecified atom stereocenters. The molecule has 3 heterocycles. The number of hydrogen-bond acceptors (Lipinski definition) is 5. The van der Waals surface area contributed by atoms with Crippen LogP contribution in [-0.2, 0) is 22.7 Å². The highest BCUT2D eigenvalue weighted by Crippen LogP contribution is 2.20. The first kappa shape index (κ1) is 19.9. The first-order valence-electron chi connectivity index (χ1n) is 10.2. The molecular weight excluding hydrogens is 386 g/mol. The summed E-state index contributed by atoms with van der Waals surface area (Å²) in [4.78, 5) is 38.9. The quantitative estimate of drug-likeness (QED) is 0.669. The van der Waals surface area contributed by atoms with Crippen LogP contribution >= 0.6 is 0 Å². The van der Waals surface area contributed by atoms with E-state index in [0.29, 0.717) is 42.7 Å². The third-order valence-corrected chi connectivity index (χ3v) is 5.57. The van der Waals surface area contributed by atoms with Gasteiger partial charge in [-0.3, -0.25) is 18.8 Å². The van der Waals surface area contributed by atoms with Gasteiger partial charge in [0.25, 0.3) is 0 Å². The molecule has 1 aliphatic heterocycles. The number of carbonyl (C=O) groups is 2. The predicted molar refractivity (Wildman–Crippen MR) is 111 cm³/mol. The van der Waals surface area contributed by atoms with Crippen LogP contribution in [0, 0.1) is 5.92 Å². The zero-order valence-electron chi connectivity index (χ0n) is 16.9. The number of oxazole rings is 1. The van der Waals surface area contributed by atoms with E-state index in [2.05, 4.69) is 10.4 Å². The first-order valence-corrected chi connectivity index (χ1v) is 10.2. The van der Waals surface area contributed by atoms with Crippen LogP contribution in [-0.4, -0.2) is 44.2 Å². The number of nitrogens with one attached hydrogen (secondary N) is 1. The fourth-order valence-corrected chi connectivity index (χ4v) is 3.83. The number of rotatable bonds is 6. The molecule has 3 aromatic rings. The lowest BCUT2D eigenvalue weighted by Crippen LogP contribution is -2.41. The Balaban J connectivity index is 1.28. The number of benzene rings is 1. The Bertz CT molecular complexity index is 1100. The van der Waals surface area contributed by atoms with Crippen LogP contribution in [0.15, 0.2) is 45.9 Å². The number of carbonyl (C=O) groups excluding carboxylic acids is 2. The number of anilines is 1. The summed E-state index contributed by atoms with van der Waals surface area (Å²) in [7, 11) is 0. The molecule has 30 heavy (non-hydrogen) atoms. The number of nitrogens with zero attached hydrogens (tertiary/aromatic N) is 4. The van der Waals surface area contributed by atoms with Crippen LogP contribution < -0.4 is 11.1 Å². The lowest BCUT2D eigenvalue weighted by Gasteiger charge is -2.31. The minimum absolute atomic E-state index is 0.0183. The van der Waals surface area contributed by atoms with Gasteiger partial charge in [0.05, 0.1) is 17.4 Å². The lowest BCUT2D eigenvalue weighted by atomic mass is 9.95. The molecule has 1 aliphatic rings. The molecule has 0 saturated carbocycles. The monoisotopic (exact) mass is 411 g/mol. The van der Waals surface area contributed by atoms with Gasteiger partial charge in [-0.2, -0.15) is 5.10 Å². The normalized spacial score (nSPS) is 14.9. The molecule has 2 amide bonds. The molecule has 0 aliphatic carbocycles. The molecule has 158 valence electrons. The number of fused-ring (bicyclic) bond motifs is 1. The van der Waals surface area contributed by atoms with Crippen molar-refractivity contribution in [2.75, 3.05) is 18.4 Å². The van der Waals surface area contributed by atoms with E-state index in [-0.39, 0.29) is 30.7 Å². The summed E-state index contributed by atoms with van der Waals surface area (Å²) in [6, 6.07) is 7.17. The van der Waals surface area contributed by atoms with Crippen molar-refractivity contribution >= 4 is 28.6 Å². The minimum Gasteiger partial charge on any atom is -0.408 e. The predicted octanol–water partition coefficient (Wildman–Crippen LogP) is 2.08. The molecule has 1 saturated heterocycles. The summed E-state index contributed by atoms with van der Waals surface area (Å²) in [5, 5.41) is 7.06. The molecule has 1 aromatic carbocycles. The Labute approximate surface area is 173 Å². The molecule has 4 rings (SSSR count). The molecule has 1 N–H and O–H groups in total. The maximum atomic E-state index is 12.6. The standard InChI is InChI=1S/C21H25N5O4/c1-2-25-14-16(13-22-25)23-20(28)15-7-10-24(11-8-15)19(27)9-12-26-17-5-3-4-6-18(17)30-21(26)29/h3-6,13-15H,2,7-12H2,1H3,(H,23,28). The lowest BCUT2D eigenvalue weighted by molar-refractivity contribution is -0.134. The molecule has 0 radical (unpaired) electrons. The third kappa shape index (κ3) is 4.14. The number of amides is 2. The Morgan fingerprint density at radius 3 is 2.73 bits per heavy atom. The fourth-order valence-electron chi connectivity index (χ4n) is 3.83. The summed E-state index contributed by atoms with van der Waals surface area (Å²) in [5.74, 6) is -0.630. The fraction of sp³-hybridized carbons (Fsp3) is 0.429. The van der Waals surface area contributed by atoms with Crippen molar-refractivity contribution in [3.8, 4) is 0 Å². The van der Waals surface area contributed by atoms with Crippen molar-refractivity contribution < 1.29 is 14.0 Å². The topological polar surface area (TPSA) is 102 Å². The number of likely N-dealkylation sites (tertiary alicyclic amines) is 1. The van der Waals surface area contributed by atoms with Gasteiger partial charge in [0.1, 0.15) is 0 Å². The van der Waals surface area contributed by atoms with Crippen molar-refractivity contribution in [1.29, 1.82) is 0 Å². The van der Waals surface area contributed by atoms with Crippen LogP contribution in [0.3, 0.4) is 0 Å². The van der Waals surface area contributed by atoms with Crippen LogP contribution in [0.2, 0.25) is 0 Å². The van der Waals surface area contributed by atoms with Crippen LogP contribution in [0.4, 0.5) is 5.69 Å². The summed E-state index contributed by atoms with van der Waals surface area (Å²) < 4.78 is 8.45. The molecule has 9 heteroatoms. The zero-order valence-corrected chi connectivity index (χ0v) is 16.9. The summed E-state index contributed by atoms with van der Waals surface area (Å²) >= 11 is 0. The molecule has 0 bridgehead atoms. The minimum atomic E-state index is -0.453. The van der Waals surface area contributed by atoms with E-state index in [9.17, 15) is 14.4 Å². The van der Waals surface area contributed by atoms with Crippen LogP contribution in [0.25, 0.3) is 11.1 Å². The molecule has 9 nitrogen and oxygen atoms in total. The molecule has 2 aromatic heterocycles. The highest BCUT2D eigenvalue weighted by atomic mass is 16.4. The van der Waals surface area contributed by atoms with Gasteiger partial charge in [-0.1, -0.05) is 12.1 Å². The van der Waals surface area contributed by atoms with E-state index < -0.39 is 5.76 Å². The van der Waals surface area contributed by atoms with Gasteiger partial charge in [-0.25, -0.2) is 4.79 Å². The van der Waals surface area contributed by atoms with Crippen molar-refractivity contribution in [2.45, 2.75) is 39.3 Å². The van der Waals surface area contributed by atoms with Gasteiger partial charge in [-0.15, -0.1) is 0 Å². The van der Waals surface area contributed by atoms with E-state index in [1.54, 1.807) is 40.2 Å². The average molecular weight is 411 g/mol. The van der Waals surface area contributed by atoms with Gasteiger partial charge in [-0.05, 0) is 31.9 Å². The van der Waals surface area contributed by atoms with Crippen LogP contribution in [0.1, 0.15) is 26.2 Å². The molecule has 0 atom stereocenters. The molecular formula is C21H25N5O4. The van der Waals surface area contributed by atoms with Gasteiger partial charge in [0, 0.05) is 44.7 Å². The molecule has 0 spiro atoms. The van der Waals surface area contributed by atoms with Gasteiger partial charge in [0.2, 0.25) is 11.8 Å². The number of para-hydroxylation sites is 2. The Hall–Kier alpha value is -3.36. The second-order valence-corrected chi connectivity index (χ2v) is 7.47. The summed E-state index contributed by atoms with van der Waals surface area (Å²) in [6.07, 6.45) is 4.90. The molecule has 1 fully saturated rings. The highest BCUT2D eigenvalue weighted by Gasteiger charge is 2.27. The Morgan fingerprint density at radius 2 is 2.00 bits per heavy atom. The van der Waals surface area contributed by atoms with Crippen molar-refractivity contribution in [1.82, 2.24) is 19.2 Å². The highest BCUT2D eigenvalue weighted by molar-refractivity contribution is 5.92. The van der Waals surface area contributed by atoms with Crippen molar-refractivity contribution in [3.05, 3.63) is 47.2 Å². The maximum absolute atomic E-state index is 12.6. The van der Waals surface area contributed by atoms with Gasteiger partial charge in [0.15, 0.2) is 5.58 Å². The number of aromatic nitrogens is 3. The number of hydrogen-bond donors (Lipinski definition) is 1. The number of piperidine rings is 1. The third-order valence-electron chi connectivity index (χ3n) is 5.57. The van der Waals surface area contributed by atoms with Crippen molar-refractivity contribution in [3.63, 3.8) is 0 Å². The summed E-state index contributed by atoms with van der Waals surface area (Å²) in [5.41, 5.74) is 1.90. The van der Waals surface area contributed by atoms with E-state index in [4.69, 9.17) is 4.42 Å². The maximum Gasteiger partial charge on any atom is 0.419 e. The summed E-state index contributed by atoms with van der Waals surface area (Å²) in [6.45, 7) is 4.07. The van der Waals surface area contributed by atoms with E-state index in [1.165, 1.54) is 4.57 Å². The second-order valence-electron chi connectivity index (χ2n) is 7.47. The van der Waals surface area contributed by atoms with Gasteiger partial charge < -0.3 is 14.6 Å². The zero-order chi connectivity index (χ0) is 21.1. The van der Waals surface area contributed by atoms with Crippen molar-refractivity contribution in [2.24, 2.45) is 5.92 Å². The van der Waals surface area contributed by atoms with E-state index in [1.807, 2.05) is 13.0 Å². The van der Waals surface area contributed by atoms with Crippen LogP contribution in [0.5, 0.6) is 0 Å². The van der Waals surface area contributed by atoms with E-state index in [0.717, 1.165) is 6.54 Å². The number of aryl methyl sites for hydroxylation is 2.